The molecule has 1 aliphatic rings. The smallest absolute Gasteiger partial charge is 0.317 e. The van der Waals surface area contributed by atoms with Crippen molar-refractivity contribution in [2.24, 2.45) is 0 Å². The van der Waals surface area contributed by atoms with Crippen molar-refractivity contribution in [2.75, 3.05) is 44.2 Å². The molecule has 174 valence electrons. The van der Waals surface area contributed by atoms with E-state index in [2.05, 4.69) is 21.2 Å². The van der Waals surface area contributed by atoms with Crippen molar-refractivity contribution in [2.45, 2.75) is 20.0 Å². The Morgan fingerprint density at radius 2 is 1.61 bits per heavy atom. The van der Waals surface area contributed by atoms with E-state index >= 15 is 0 Å². The standard InChI is InChI=1S/C24H28ClN5O3/c1-2-29-20-8-3-4-9-21(20)30(24(33)23(29)32)17-22(31)26-10-11-27-12-14-28(15-13-27)19-7-5-6-18(25)16-19/h3-9,16H,2,10-15,17H2,1H3,(H,26,31). The number of amides is 1. The fraction of sp³-hybridized carbons (Fsp3) is 0.375. The number of halogens is 1. The molecule has 1 amide bonds. The first-order chi connectivity index (χ1) is 16.0. The van der Waals surface area contributed by atoms with Gasteiger partial charge in [-0.15, -0.1) is 0 Å². The highest BCUT2D eigenvalue weighted by Crippen LogP contribution is 2.20. The van der Waals surface area contributed by atoms with Gasteiger partial charge in [-0.25, -0.2) is 0 Å². The van der Waals surface area contributed by atoms with Crippen LogP contribution in [-0.2, 0) is 17.9 Å². The van der Waals surface area contributed by atoms with E-state index < -0.39 is 11.1 Å². The number of para-hydroxylation sites is 2. The molecule has 0 bridgehead atoms. The van der Waals surface area contributed by atoms with E-state index in [1.54, 1.807) is 18.2 Å². The highest BCUT2D eigenvalue weighted by Gasteiger charge is 2.18. The van der Waals surface area contributed by atoms with Crippen LogP contribution in [0.5, 0.6) is 0 Å². The summed E-state index contributed by atoms with van der Waals surface area (Å²) in [4.78, 5) is 42.2. The Hall–Kier alpha value is -3.10. The number of aromatic nitrogens is 2. The lowest BCUT2D eigenvalue weighted by atomic mass is 10.2. The molecule has 1 saturated heterocycles. The summed E-state index contributed by atoms with van der Waals surface area (Å²) in [5.74, 6) is -0.284. The number of piperazine rings is 1. The van der Waals surface area contributed by atoms with Crippen LogP contribution in [0.4, 0.5) is 5.69 Å². The van der Waals surface area contributed by atoms with Crippen molar-refractivity contribution >= 4 is 34.2 Å². The van der Waals surface area contributed by atoms with E-state index in [-0.39, 0.29) is 12.5 Å². The van der Waals surface area contributed by atoms with Crippen molar-refractivity contribution in [1.29, 1.82) is 0 Å². The Balaban J connectivity index is 1.32. The zero-order chi connectivity index (χ0) is 23.4. The van der Waals surface area contributed by atoms with Crippen LogP contribution in [0.3, 0.4) is 0 Å². The van der Waals surface area contributed by atoms with E-state index in [1.165, 1.54) is 9.13 Å². The van der Waals surface area contributed by atoms with Gasteiger partial charge in [-0.1, -0.05) is 29.8 Å². The van der Waals surface area contributed by atoms with E-state index in [0.29, 0.717) is 24.1 Å². The molecule has 2 aromatic carbocycles. The number of aryl methyl sites for hydroxylation is 1. The van der Waals surface area contributed by atoms with Gasteiger partial charge in [-0.2, -0.15) is 0 Å². The molecule has 33 heavy (non-hydrogen) atoms. The Morgan fingerprint density at radius 1 is 0.939 bits per heavy atom. The van der Waals surface area contributed by atoms with Crippen LogP contribution in [0, 0.1) is 0 Å². The second kappa shape index (κ2) is 10.2. The van der Waals surface area contributed by atoms with Crippen molar-refractivity contribution in [3.05, 3.63) is 74.3 Å². The molecule has 1 N–H and O–H groups in total. The summed E-state index contributed by atoms with van der Waals surface area (Å²) in [6, 6.07) is 15.0. The van der Waals surface area contributed by atoms with Gasteiger partial charge in [0.2, 0.25) is 5.91 Å². The Morgan fingerprint density at radius 3 is 2.27 bits per heavy atom. The Labute approximate surface area is 197 Å². The molecule has 1 aliphatic heterocycles. The number of benzene rings is 2. The minimum absolute atomic E-state index is 0.179. The fourth-order valence-electron chi connectivity index (χ4n) is 4.30. The zero-order valence-corrected chi connectivity index (χ0v) is 19.4. The molecule has 3 aromatic rings. The maximum atomic E-state index is 12.6. The van der Waals surface area contributed by atoms with Gasteiger partial charge in [0.25, 0.3) is 0 Å². The lowest BCUT2D eigenvalue weighted by Gasteiger charge is -2.36. The highest BCUT2D eigenvalue weighted by molar-refractivity contribution is 6.30. The first-order valence-electron chi connectivity index (χ1n) is 11.2. The average molecular weight is 470 g/mol. The van der Waals surface area contributed by atoms with Gasteiger partial charge in [0.15, 0.2) is 0 Å². The van der Waals surface area contributed by atoms with Gasteiger partial charge < -0.3 is 14.8 Å². The Bertz CT molecular complexity index is 1260. The molecule has 0 spiro atoms. The first kappa shape index (κ1) is 23.1. The maximum Gasteiger partial charge on any atom is 0.317 e. The molecular weight excluding hydrogens is 442 g/mol. The predicted octanol–water partition coefficient (Wildman–Crippen LogP) is 1.77. The molecule has 2 heterocycles. The number of anilines is 1. The van der Waals surface area contributed by atoms with Gasteiger partial charge in [0, 0.05) is 56.5 Å². The van der Waals surface area contributed by atoms with Gasteiger partial charge in [-0.05, 0) is 37.3 Å². The van der Waals surface area contributed by atoms with Crippen molar-refractivity contribution in [3.63, 3.8) is 0 Å². The number of hydrogen-bond acceptors (Lipinski definition) is 5. The van der Waals surface area contributed by atoms with Crippen LogP contribution in [-0.4, -0.2) is 59.2 Å². The Kier molecular flexibility index (Phi) is 7.15. The second-order valence-electron chi connectivity index (χ2n) is 8.09. The molecule has 1 aromatic heterocycles. The van der Waals surface area contributed by atoms with Crippen molar-refractivity contribution in [3.8, 4) is 0 Å². The third kappa shape index (κ3) is 5.12. The van der Waals surface area contributed by atoms with E-state index in [9.17, 15) is 14.4 Å². The number of nitrogens with one attached hydrogen (secondary N) is 1. The quantitative estimate of drug-likeness (QED) is 0.533. The number of hydrogen-bond donors (Lipinski definition) is 1. The van der Waals surface area contributed by atoms with Crippen LogP contribution in [0.15, 0.2) is 58.1 Å². The molecule has 8 nitrogen and oxygen atoms in total. The number of nitrogens with zero attached hydrogens (tertiary/aromatic N) is 4. The van der Waals surface area contributed by atoms with Crippen LogP contribution in [0.1, 0.15) is 6.92 Å². The summed E-state index contributed by atoms with van der Waals surface area (Å²) in [6.45, 7) is 6.81. The van der Waals surface area contributed by atoms with Gasteiger partial charge in [0.05, 0.1) is 11.0 Å². The molecule has 0 unspecified atom stereocenters. The summed E-state index contributed by atoms with van der Waals surface area (Å²) in [6.07, 6.45) is 0. The molecule has 0 atom stereocenters. The number of rotatable bonds is 7. The summed E-state index contributed by atoms with van der Waals surface area (Å²) in [5, 5.41) is 3.62. The summed E-state index contributed by atoms with van der Waals surface area (Å²) < 4.78 is 2.71. The molecule has 0 aliphatic carbocycles. The van der Waals surface area contributed by atoms with Crippen LogP contribution in [0.2, 0.25) is 5.02 Å². The lowest BCUT2D eigenvalue weighted by Crippen LogP contribution is -2.49. The number of carbonyl (C=O) groups excluding carboxylic acids is 1. The summed E-state index contributed by atoms with van der Waals surface area (Å²) in [7, 11) is 0. The molecule has 9 heteroatoms. The first-order valence-corrected chi connectivity index (χ1v) is 11.6. The highest BCUT2D eigenvalue weighted by atomic mass is 35.5. The van der Waals surface area contributed by atoms with Crippen molar-refractivity contribution < 1.29 is 4.79 Å². The average Bonchev–Trinajstić information content (AvgIpc) is 2.83. The van der Waals surface area contributed by atoms with E-state index in [4.69, 9.17) is 11.6 Å². The maximum absolute atomic E-state index is 12.6. The second-order valence-corrected chi connectivity index (χ2v) is 8.52. The SMILES string of the molecule is CCn1c(=O)c(=O)n(CC(=O)NCCN2CCN(c3cccc(Cl)c3)CC2)c2ccccc21. The van der Waals surface area contributed by atoms with E-state index in [1.807, 2.05) is 31.2 Å². The molecule has 1 fully saturated rings. The molecule has 0 saturated carbocycles. The fourth-order valence-corrected chi connectivity index (χ4v) is 4.48. The van der Waals surface area contributed by atoms with Gasteiger partial charge in [0.1, 0.15) is 6.54 Å². The molecular formula is C24H28ClN5O3. The topological polar surface area (TPSA) is 79.6 Å². The molecule has 0 radical (unpaired) electrons. The van der Waals surface area contributed by atoms with Gasteiger partial charge >= 0.3 is 11.1 Å². The third-order valence-electron chi connectivity index (χ3n) is 6.05. The monoisotopic (exact) mass is 469 g/mol. The van der Waals surface area contributed by atoms with Crippen LogP contribution >= 0.6 is 11.6 Å². The number of carbonyl (C=O) groups is 1. The minimum Gasteiger partial charge on any atom is -0.369 e. The van der Waals surface area contributed by atoms with E-state index in [0.717, 1.165) is 43.4 Å². The van der Waals surface area contributed by atoms with Crippen molar-refractivity contribution in [1.82, 2.24) is 19.4 Å². The minimum atomic E-state index is -0.678. The largest absolute Gasteiger partial charge is 0.369 e. The third-order valence-corrected chi connectivity index (χ3v) is 6.29. The van der Waals surface area contributed by atoms with Crippen LogP contribution in [0.25, 0.3) is 11.0 Å². The molecule has 4 rings (SSSR count). The zero-order valence-electron chi connectivity index (χ0n) is 18.7. The number of fused-ring (bicyclic) bond motifs is 1. The van der Waals surface area contributed by atoms with Crippen LogP contribution < -0.4 is 21.3 Å². The predicted molar refractivity (Wildman–Crippen MR) is 131 cm³/mol. The summed E-state index contributed by atoms with van der Waals surface area (Å²) >= 11 is 6.10. The lowest BCUT2D eigenvalue weighted by molar-refractivity contribution is -0.121. The normalized spacial score (nSPS) is 14.5. The summed E-state index contributed by atoms with van der Waals surface area (Å²) in [5.41, 5.74) is 1.06. The van der Waals surface area contributed by atoms with Gasteiger partial charge in [-0.3, -0.25) is 23.9 Å².